The fourth-order valence-electron chi connectivity index (χ4n) is 4.07. The van der Waals surface area contributed by atoms with Crippen LogP contribution in [0.15, 0.2) is 42.5 Å². The second-order valence-corrected chi connectivity index (χ2v) is 7.40. The molecule has 0 atom stereocenters. The quantitative estimate of drug-likeness (QED) is 0.698. The van der Waals surface area contributed by atoms with E-state index < -0.39 is 0 Å². The molecule has 140 valence electrons. The van der Waals surface area contributed by atoms with Gasteiger partial charge in [0.2, 0.25) is 5.91 Å². The fraction of sp³-hybridized carbons (Fsp3) is 0.364. The summed E-state index contributed by atoms with van der Waals surface area (Å²) in [6.07, 6.45) is 1.91. The SMILES string of the molecule is Cc1ccc2nc(C)n(C3CCN(C(=O)Cc4ccccc4F)CC3)c2c1. The number of piperidine rings is 1. The number of likely N-dealkylation sites (tertiary alicyclic amines) is 1. The predicted molar refractivity (Wildman–Crippen MR) is 104 cm³/mol. The Morgan fingerprint density at radius 2 is 1.89 bits per heavy atom. The van der Waals surface area contributed by atoms with Gasteiger partial charge in [-0.2, -0.15) is 0 Å². The normalized spacial score (nSPS) is 15.4. The van der Waals surface area contributed by atoms with Crippen molar-refractivity contribution in [3.05, 3.63) is 65.2 Å². The summed E-state index contributed by atoms with van der Waals surface area (Å²) in [5, 5.41) is 0. The Morgan fingerprint density at radius 3 is 2.63 bits per heavy atom. The number of nitrogens with zero attached hydrogens (tertiary/aromatic N) is 3. The highest BCUT2D eigenvalue weighted by Crippen LogP contribution is 2.29. The number of aromatic nitrogens is 2. The molecular formula is C22H24FN3O. The van der Waals surface area contributed by atoms with Gasteiger partial charge in [0.05, 0.1) is 17.5 Å². The van der Waals surface area contributed by atoms with Crippen molar-refractivity contribution in [1.29, 1.82) is 0 Å². The molecule has 1 amide bonds. The molecule has 2 aromatic carbocycles. The Bertz CT molecular complexity index is 986. The molecule has 4 nitrogen and oxygen atoms in total. The van der Waals surface area contributed by atoms with Crippen LogP contribution in [-0.2, 0) is 11.2 Å². The number of hydrogen-bond acceptors (Lipinski definition) is 2. The van der Waals surface area contributed by atoms with Gasteiger partial charge in [0.1, 0.15) is 11.6 Å². The number of fused-ring (bicyclic) bond motifs is 1. The van der Waals surface area contributed by atoms with Crippen LogP contribution < -0.4 is 0 Å². The summed E-state index contributed by atoms with van der Waals surface area (Å²) in [6.45, 7) is 5.53. The molecule has 0 saturated carbocycles. The number of rotatable bonds is 3. The van der Waals surface area contributed by atoms with Crippen molar-refractivity contribution < 1.29 is 9.18 Å². The summed E-state index contributed by atoms with van der Waals surface area (Å²) in [6, 6.07) is 13.2. The number of aryl methyl sites for hydroxylation is 2. The molecule has 2 heterocycles. The van der Waals surface area contributed by atoms with Crippen LogP contribution in [-0.4, -0.2) is 33.4 Å². The first-order chi connectivity index (χ1) is 13.0. The third kappa shape index (κ3) is 3.46. The van der Waals surface area contributed by atoms with Gasteiger partial charge in [-0.3, -0.25) is 4.79 Å². The third-order valence-corrected chi connectivity index (χ3v) is 5.50. The Balaban J connectivity index is 1.46. The Labute approximate surface area is 158 Å². The summed E-state index contributed by atoms with van der Waals surface area (Å²) >= 11 is 0. The number of carbonyl (C=O) groups excluding carboxylic acids is 1. The topological polar surface area (TPSA) is 38.1 Å². The molecule has 5 heteroatoms. The zero-order chi connectivity index (χ0) is 19.0. The maximum absolute atomic E-state index is 13.8. The van der Waals surface area contributed by atoms with E-state index in [0.717, 1.165) is 24.2 Å². The molecule has 0 spiro atoms. The highest BCUT2D eigenvalue weighted by molar-refractivity contribution is 5.79. The number of benzene rings is 2. The number of carbonyl (C=O) groups is 1. The van der Waals surface area contributed by atoms with Gasteiger partial charge in [-0.15, -0.1) is 0 Å². The minimum absolute atomic E-state index is 0.00149. The van der Waals surface area contributed by atoms with Crippen molar-refractivity contribution in [2.75, 3.05) is 13.1 Å². The van der Waals surface area contributed by atoms with Gasteiger partial charge in [-0.25, -0.2) is 9.37 Å². The van der Waals surface area contributed by atoms with E-state index in [1.165, 1.54) is 17.1 Å². The van der Waals surface area contributed by atoms with Crippen molar-refractivity contribution >= 4 is 16.9 Å². The van der Waals surface area contributed by atoms with Crippen LogP contribution >= 0.6 is 0 Å². The lowest BCUT2D eigenvalue weighted by molar-refractivity contribution is -0.131. The number of hydrogen-bond donors (Lipinski definition) is 0. The second-order valence-electron chi connectivity index (χ2n) is 7.40. The summed E-state index contributed by atoms with van der Waals surface area (Å²) in [5.74, 6) is 0.713. The van der Waals surface area contributed by atoms with E-state index in [4.69, 9.17) is 0 Å². The van der Waals surface area contributed by atoms with Gasteiger partial charge in [0, 0.05) is 19.1 Å². The van der Waals surface area contributed by atoms with Crippen LogP contribution in [0.4, 0.5) is 4.39 Å². The van der Waals surface area contributed by atoms with Crippen LogP contribution in [0.5, 0.6) is 0 Å². The molecule has 0 radical (unpaired) electrons. The van der Waals surface area contributed by atoms with Gasteiger partial charge in [-0.1, -0.05) is 24.3 Å². The monoisotopic (exact) mass is 365 g/mol. The molecule has 1 aliphatic heterocycles. The predicted octanol–water partition coefficient (Wildman–Crippen LogP) is 4.20. The average Bonchev–Trinajstić information content (AvgIpc) is 2.98. The van der Waals surface area contributed by atoms with E-state index >= 15 is 0 Å². The average molecular weight is 365 g/mol. The van der Waals surface area contributed by atoms with Crippen LogP contribution in [0.2, 0.25) is 0 Å². The Hall–Kier alpha value is -2.69. The molecule has 1 fully saturated rings. The van der Waals surface area contributed by atoms with Crippen LogP contribution in [0, 0.1) is 19.7 Å². The first kappa shape index (κ1) is 17.7. The Kier molecular flexibility index (Phi) is 4.68. The van der Waals surface area contributed by atoms with Gasteiger partial charge in [0.25, 0.3) is 0 Å². The lowest BCUT2D eigenvalue weighted by atomic mass is 10.0. The minimum Gasteiger partial charge on any atom is -0.342 e. The van der Waals surface area contributed by atoms with E-state index in [1.807, 2.05) is 11.8 Å². The maximum Gasteiger partial charge on any atom is 0.227 e. The summed E-state index contributed by atoms with van der Waals surface area (Å²) in [5.41, 5.74) is 3.89. The summed E-state index contributed by atoms with van der Waals surface area (Å²) in [7, 11) is 0. The van der Waals surface area contributed by atoms with Crippen molar-refractivity contribution in [2.45, 2.75) is 39.2 Å². The second kappa shape index (κ2) is 7.14. The molecule has 1 aromatic heterocycles. The van der Waals surface area contributed by atoms with Crippen LogP contribution in [0.3, 0.4) is 0 Å². The first-order valence-corrected chi connectivity index (χ1v) is 9.49. The molecular weight excluding hydrogens is 341 g/mol. The number of halogens is 1. The molecule has 4 rings (SSSR count). The molecule has 1 aliphatic rings. The van der Waals surface area contributed by atoms with Crippen LogP contribution in [0.25, 0.3) is 11.0 Å². The summed E-state index contributed by atoms with van der Waals surface area (Å²) in [4.78, 5) is 19.1. The molecule has 0 aliphatic carbocycles. The largest absolute Gasteiger partial charge is 0.342 e. The summed E-state index contributed by atoms with van der Waals surface area (Å²) < 4.78 is 16.1. The van der Waals surface area contributed by atoms with E-state index in [0.29, 0.717) is 24.7 Å². The standard InChI is InChI=1S/C22H24FN3O/c1-15-7-8-20-21(13-15)26(16(2)24-20)18-9-11-25(12-10-18)22(27)14-17-5-3-4-6-19(17)23/h3-8,13,18H,9-12,14H2,1-2H3. The maximum atomic E-state index is 13.8. The van der Waals surface area contributed by atoms with Gasteiger partial charge < -0.3 is 9.47 Å². The fourth-order valence-corrected chi connectivity index (χ4v) is 4.07. The molecule has 0 N–H and O–H groups in total. The highest BCUT2D eigenvalue weighted by Gasteiger charge is 2.26. The smallest absolute Gasteiger partial charge is 0.227 e. The minimum atomic E-state index is -0.309. The first-order valence-electron chi connectivity index (χ1n) is 9.49. The zero-order valence-electron chi connectivity index (χ0n) is 15.8. The van der Waals surface area contributed by atoms with Gasteiger partial charge in [0.15, 0.2) is 0 Å². The molecule has 27 heavy (non-hydrogen) atoms. The molecule has 3 aromatic rings. The van der Waals surface area contributed by atoms with Crippen LogP contribution in [0.1, 0.15) is 35.8 Å². The van der Waals surface area contributed by atoms with Gasteiger partial charge in [-0.05, 0) is 56.0 Å². The third-order valence-electron chi connectivity index (χ3n) is 5.50. The molecule has 0 unspecified atom stereocenters. The zero-order valence-corrected chi connectivity index (χ0v) is 15.8. The van der Waals surface area contributed by atoms with E-state index in [-0.39, 0.29) is 18.1 Å². The van der Waals surface area contributed by atoms with E-state index in [1.54, 1.807) is 18.2 Å². The highest BCUT2D eigenvalue weighted by atomic mass is 19.1. The van der Waals surface area contributed by atoms with Crippen molar-refractivity contribution in [3.8, 4) is 0 Å². The lowest BCUT2D eigenvalue weighted by Crippen LogP contribution is -2.40. The molecule has 1 saturated heterocycles. The van der Waals surface area contributed by atoms with Gasteiger partial charge >= 0.3 is 0 Å². The van der Waals surface area contributed by atoms with E-state index in [2.05, 4.69) is 34.7 Å². The number of amides is 1. The van der Waals surface area contributed by atoms with Crippen molar-refractivity contribution in [2.24, 2.45) is 0 Å². The molecule has 0 bridgehead atoms. The number of imidazole rings is 1. The van der Waals surface area contributed by atoms with Crippen molar-refractivity contribution in [3.63, 3.8) is 0 Å². The van der Waals surface area contributed by atoms with E-state index in [9.17, 15) is 9.18 Å². The Morgan fingerprint density at radius 1 is 1.15 bits per heavy atom. The van der Waals surface area contributed by atoms with Crippen molar-refractivity contribution in [1.82, 2.24) is 14.5 Å². The lowest BCUT2D eigenvalue weighted by Gasteiger charge is -2.33.